The molecule has 1 aromatic carbocycles. The predicted molar refractivity (Wildman–Crippen MR) is 64.3 cm³/mol. The molecular formula is C11H12Cl2FN. The topological polar surface area (TPSA) is 12.0 Å². The van der Waals surface area contributed by atoms with Crippen molar-refractivity contribution in [1.82, 2.24) is 0 Å². The number of halogens is 3. The van der Waals surface area contributed by atoms with Crippen LogP contribution in [-0.2, 0) is 0 Å². The van der Waals surface area contributed by atoms with Gasteiger partial charge in [-0.15, -0.1) is 0 Å². The first kappa shape index (κ1) is 12.3. The van der Waals surface area contributed by atoms with Crippen LogP contribution in [0.1, 0.15) is 13.8 Å². The maximum Gasteiger partial charge on any atom is 0.126 e. The van der Waals surface area contributed by atoms with E-state index in [1.807, 2.05) is 19.9 Å². The van der Waals surface area contributed by atoms with Crippen LogP contribution in [0.2, 0.25) is 10.0 Å². The highest BCUT2D eigenvalue weighted by Gasteiger charge is 2.06. The van der Waals surface area contributed by atoms with Crippen molar-refractivity contribution in [3.05, 3.63) is 39.6 Å². The van der Waals surface area contributed by atoms with Crippen LogP contribution in [0.5, 0.6) is 0 Å². The van der Waals surface area contributed by atoms with Gasteiger partial charge in [0.2, 0.25) is 0 Å². The van der Waals surface area contributed by atoms with Gasteiger partial charge in [0.15, 0.2) is 0 Å². The molecule has 1 N–H and O–H groups in total. The first-order valence-electron chi connectivity index (χ1n) is 4.52. The minimum atomic E-state index is -0.433. The monoisotopic (exact) mass is 247 g/mol. The van der Waals surface area contributed by atoms with Gasteiger partial charge in [-0.05, 0) is 26.0 Å². The zero-order valence-corrected chi connectivity index (χ0v) is 10.1. The van der Waals surface area contributed by atoms with Crippen LogP contribution in [-0.4, -0.2) is 6.54 Å². The summed E-state index contributed by atoms with van der Waals surface area (Å²) in [6.45, 7) is 4.61. The van der Waals surface area contributed by atoms with Crippen molar-refractivity contribution >= 4 is 28.9 Å². The number of allylic oxidation sites excluding steroid dienone is 1. The summed E-state index contributed by atoms with van der Waals surface area (Å²) >= 11 is 11.7. The molecule has 0 unspecified atom stereocenters. The van der Waals surface area contributed by atoms with E-state index >= 15 is 0 Å². The number of rotatable bonds is 3. The first-order chi connectivity index (χ1) is 7.00. The lowest BCUT2D eigenvalue weighted by Crippen LogP contribution is -2.00. The molecule has 0 amide bonds. The summed E-state index contributed by atoms with van der Waals surface area (Å²) in [7, 11) is 0. The predicted octanol–water partition coefficient (Wildman–Crippen LogP) is 4.51. The van der Waals surface area contributed by atoms with Crippen LogP contribution >= 0.6 is 23.2 Å². The van der Waals surface area contributed by atoms with E-state index in [9.17, 15) is 4.39 Å². The van der Waals surface area contributed by atoms with Crippen LogP contribution in [0.3, 0.4) is 0 Å². The lowest BCUT2D eigenvalue weighted by atomic mass is 10.3. The van der Waals surface area contributed by atoms with Crippen LogP contribution in [0, 0.1) is 5.82 Å². The fourth-order valence-electron chi connectivity index (χ4n) is 1.07. The molecule has 0 aromatic heterocycles. The molecule has 0 atom stereocenters. The standard InChI is InChI=1S/C11H12Cl2FN/c1-7(2)3-4-15-11-9(12)5-8(14)6-10(11)13/h3,5-6,15H,4H2,1-2H3. The van der Waals surface area contributed by atoms with Gasteiger partial charge in [0.1, 0.15) is 5.82 Å². The molecule has 0 radical (unpaired) electrons. The van der Waals surface area contributed by atoms with Crippen LogP contribution < -0.4 is 5.32 Å². The number of anilines is 1. The van der Waals surface area contributed by atoms with E-state index in [0.29, 0.717) is 22.3 Å². The Morgan fingerprint density at radius 3 is 2.33 bits per heavy atom. The van der Waals surface area contributed by atoms with Crippen molar-refractivity contribution in [3.63, 3.8) is 0 Å². The fourth-order valence-corrected chi connectivity index (χ4v) is 1.66. The van der Waals surface area contributed by atoms with Crippen LogP contribution in [0.4, 0.5) is 10.1 Å². The number of benzene rings is 1. The molecule has 0 bridgehead atoms. The third kappa shape index (κ3) is 3.73. The Morgan fingerprint density at radius 1 is 1.33 bits per heavy atom. The largest absolute Gasteiger partial charge is 0.379 e. The number of nitrogens with one attached hydrogen (secondary N) is 1. The molecule has 0 aliphatic carbocycles. The van der Waals surface area contributed by atoms with Gasteiger partial charge in [-0.3, -0.25) is 0 Å². The highest BCUT2D eigenvalue weighted by atomic mass is 35.5. The Hall–Kier alpha value is -0.730. The summed E-state index contributed by atoms with van der Waals surface area (Å²) < 4.78 is 12.9. The minimum Gasteiger partial charge on any atom is -0.379 e. The van der Waals surface area contributed by atoms with Gasteiger partial charge in [0.25, 0.3) is 0 Å². The van der Waals surface area contributed by atoms with Crippen molar-refractivity contribution in [2.45, 2.75) is 13.8 Å². The maximum atomic E-state index is 12.9. The number of hydrogen-bond acceptors (Lipinski definition) is 1. The second kappa shape index (κ2) is 5.38. The average molecular weight is 248 g/mol. The number of hydrogen-bond donors (Lipinski definition) is 1. The fraction of sp³-hybridized carbons (Fsp3) is 0.273. The van der Waals surface area contributed by atoms with Gasteiger partial charge >= 0.3 is 0 Å². The van der Waals surface area contributed by atoms with E-state index in [2.05, 4.69) is 5.32 Å². The van der Waals surface area contributed by atoms with Gasteiger partial charge in [-0.2, -0.15) is 0 Å². The molecule has 0 aliphatic heterocycles. The van der Waals surface area contributed by atoms with Gasteiger partial charge in [0, 0.05) is 6.54 Å². The summed E-state index contributed by atoms with van der Waals surface area (Å²) in [5.41, 5.74) is 1.76. The highest BCUT2D eigenvalue weighted by molar-refractivity contribution is 6.39. The van der Waals surface area contributed by atoms with E-state index in [4.69, 9.17) is 23.2 Å². The molecule has 0 heterocycles. The zero-order chi connectivity index (χ0) is 11.4. The van der Waals surface area contributed by atoms with Crippen molar-refractivity contribution in [2.75, 3.05) is 11.9 Å². The molecule has 1 aromatic rings. The quantitative estimate of drug-likeness (QED) is 0.776. The second-order valence-electron chi connectivity index (χ2n) is 3.41. The molecule has 0 fully saturated rings. The Labute approximate surface area is 98.9 Å². The Bertz CT molecular complexity index is 361. The molecule has 1 rings (SSSR count). The minimum absolute atomic E-state index is 0.294. The summed E-state index contributed by atoms with van der Waals surface area (Å²) in [6.07, 6.45) is 2.00. The first-order valence-corrected chi connectivity index (χ1v) is 5.28. The molecule has 1 nitrogen and oxygen atoms in total. The summed E-state index contributed by atoms with van der Waals surface area (Å²) in [5.74, 6) is -0.433. The second-order valence-corrected chi connectivity index (χ2v) is 4.22. The highest BCUT2D eigenvalue weighted by Crippen LogP contribution is 2.31. The third-order valence-corrected chi connectivity index (χ3v) is 2.39. The summed E-state index contributed by atoms with van der Waals surface area (Å²) in [5, 5.41) is 3.62. The van der Waals surface area contributed by atoms with Gasteiger partial charge in [-0.25, -0.2) is 4.39 Å². The lowest BCUT2D eigenvalue weighted by Gasteiger charge is -2.08. The van der Waals surface area contributed by atoms with Gasteiger partial charge < -0.3 is 5.32 Å². The molecule has 0 saturated carbocycles. The van der Waals surface area contributed by atoms with Crippen LogP contribution in [0.15, 0.2) is 23.8 Å². The molecule has 15 heavy (non-hydrogen) atoms. The van der Waals surface area contributed by atoms with E-state index < -0.39 is 5.82 Å². The molecular weight excluding hydrogens is 236 g/mol. The molecule has 4 heteroatoms. The SMILES string of the molecule is CC(C)=CCNc1c(Cl)cc(F)cc1Cl. The molecule has 82 valence electrons. The molecule has 0 spiro atoms. The summed E-state index contributed by atoms with van der Waals surface area (Å²) in [6, 6.07) is 2.47. The maximum absolute atomic E-state index is 12.9. The summed E-state index contributed by atoms with van der Waals surface area (Å²) in [4.78, 5) is 0. The van der Waals surface area contributed by atoms with Gasteiger partial charge in [0.05, 0.1) is 15.7 Å². The van der Waals surface area contributed by atoms with Crippen molar-refractivity contribution < 1.29 is 4.39 Å². The Morgan fingerprint density at radius 2 is 1.87 bits per heavy atom. The van der Waals surface area contributed by atoms with Crippen LogP contribution in [0.25, 0.3) is 0 Å². The third-order valence-electron chi connectivity index (χ3n) is 1.80. The van der Waals surface area contributed by atoms with E-state index in [1.165, 1.54) is 17.7 Å². The van der Waals surface area contributed by atoms with Crippen molar-refractivity contribution in [2.24, 2.45) is 0 Å². The average Bonchev–Trinajstić information content (AvgIpc) is 2.08. The van der Waals surface area contributed by atoms with E-state index in [1.54, 1.807) is 0 Å². The smallest absolute Gasteiger partial charge is 0.126 e. The van der Waals surface area contributed by atoms with Crippen molar-refractivity contribution in [3.8, 4) is 0 Å². The van der Waals surface area contributed by atoms with Gasteiger partial charge in [-0.1, -0.05) is 34.9 Å². The van der Waals surface area contributed by atoms with E-state index in [-0.39, 0.29) is 0 Å². The van der Waals surface area contributed by atoms with E-state index in [0.717, 1.165) is 0 Å². The Balaban J connectivity index is 2.81. The van der Waals surface area contributed by atoms with Crippen molar-refractivity contribution in [1.29, 1.82) is 0 Å². The lowest BCUT2D eigenvalue weighted by molar-refractivity contribution is 0.628. The molecule has 0 saturated heterocycles. The normalized spacial score (nSPS) is 9.93. The molecule has 0 aliphatic rings. The zero-order valence-electron chi connectivity index (χ0n) is 8.57. The Kier molecular flexibility index (Phi) is 4.43.